The van der Waals surface area contributed by atoms with Crippen LogP contribution in [0, 0.1) is 5.92 Å². The number of hydrogen-bond donors (Lipinski definition) is 1. The van der Waals surface area contributed by atoms with Crippen LogP contribution < -0.4 is 9.47 Å². The largest absolute Gasteiger partial charge is 0.387 e. The number of aliphatic hydroxyl groups is 1. The van der Waals surface area contributed by atoms with Gasteiger partial charge >= 0.3 is 0 Å². The van der Waals surface area contributed by atoms with E-state index < -0.39 is 12.0 Å². The molecular formula is C28H27N2O2+. The molecule has 1 N–H and O–H groups in total. The van der Waals surface area contributed by atoms with E-state index in [0.717, 1.165) is 46.6 Å². The standard InChI is InChI=1S/C28H27N2O2/c1-3-29-21(15-13-19-9-5-7-11-25(19)29)17-23-27(31)24(28(23)32)18-22-16-14-20-10-6-8-12-26(20)30(22)4-2/h5-18,23,27,31H,3-4H2,1-2H3/q+1. The van der Waals surface area contributed by atoms with Crippen LogP contribution in [-0.4, -0.2) is 23.5 Å². The fourth-order valence-electron chi connectivity index (χ4n) is 4.78. The highest BCUT2D eigenvalue weighted by Gasteiger charge is 2.43. The van der Waals surface area contributed by atoms with E-state index in [-0.39, 0.29) is 5.78 Å². The molecule has 1 saturated carbocycles. The van der Waals surface area contributed by atoms with E-state index >= 15 is 0 Å². The SMILES string of the molecule is CCN1C(=CC2C(=O)C(=Cc3ccc4ccccc4[n+]3CC)C2O)C=Cc2ccccc21. The van der Waals surface area contributed by atoms with Gasteiger partial charge in [0.2, 0.25) is 11.2 Å². The first-order chi connectivity index (χ1) is 15.6. The molecule has 2 aromatic carbocycles. The first-order valence-electron chi connectivity index (χ1n) is 11.2. The number of nitrogens with zero attached hydrogens (tertiary/aromatic N) is 2. The maximum absolute atomic E-state index is 13.0. The summed E-state index contributed by atoms with van der Waals surface area (Å²) in [7, 11) is 0. The van der Waals surface area contributed by atoms with Gasteiger partial charge in [-0.1, -0.05) is 36.4 Å². The third kappa shape index (κ3) is 3.28. The van der Waals surface area contributed by atoms with Crippen LogP contribution in [0.5, 0.6) is 0 Å². The predicted molar refractivity (Wildman–Crippen MR) is 129 cm³/mol. The normalized spacial score (nSPS) is 22.5. The van der Waals surface area contributed by atoms with E-state index in [0.29, 0.717) is 5.57 Å². The first kappa shape index (κ1) is 20.4. The lowest BCUT2D eigenvalue weighted by molar-refractivity contribution is -0.669. The van der Waals surface area contributed by atoms with Crippen molar-refractivity contribution in [2.45, 2.75) is 26.5 Å². The van der Waals surface area contributed by atoms with Crippen molar-refractivity contribution in [3.05, 3.63) is 95.3 Å². The van der Waals surface area contributed by atoms with Crippen molar-refractivity contribution in [3.8, 4) is 0 Å². The molecule has 0 saturated heterocycles. The monoisotopic (exact) mass is 423 g/mol. The van der Waals surface area contributed by atoms with E-state index in [1.54, 1.807) is 0 Å². The van der Waals surface area contributed by atoms with Gasteiger partial charge in [-0.25, -0.2) is 0 Å². The Labute approximate surface area is 188 Å². The number of benzene rings is 2. The Morgan fingerprint density at radius 3 is 2.56 bits per heavy atom. The van der Waals surface area contributed by atoms with Crippen LogP contribution in [0.4, 0.5) is 5.69 Å². The predicted octanol–water partition coefficient (Wildman–Crippen LogP) is 4.53. The van der Waals surface area contributed by atoms with Gasteiger partial charge in [0, 0.05) is 47.1 Å². The summed E-state index contributed by atoms with van der Waals surface area (Å²) in [5.74, 6) is -0.528. The lowest BCUT2D eigenvalue weighted by atomic mass is 9.74. The van der Waals surface area contributed by atoms with Gasteiger partial charge in [0.15, 0.2) is 5.78 Å². The highest BCUT2D eigenvalue weighted by molar-refractivity contribution is 6.10. The Morgan fingerprint density at radius 1 is 1.00 bits per heavy atom. The minimum atomic E-state index is -0.795. The molecule has 0 spiro atoms. The molecule has 3 aromatic rings. The van der Waals surface area contributed by atoms with Gasteiger partial charge in [-0.05, 0) is 49.8 Å². The summed E-state index contributed by atoms with van der Waals surface area (Å²) in [5.41, 5.74) is 5.77. The van der Waals surface area contributed by atoms with Crippen LogP contribution in [0.1, 0.15) is 25.1 Å². The van der Waals surface area contributed by atoms with Crippen molar-refractivity contribution in [1.29, 1.82) is 0 Å². The number of aliphatic hydroxyl groups excluding tert-OH is 1. The van der Waals surface area contributed by atoms with E-state index in [2.05, 4.69) is 59.7 Å². The van der Waals surface area contributed by atoms with Crippen molar-refractivity contribution < 1.29 is 14.5 Å². The molecule has 4 nitrogen and oxygen atoms in total. The highest BCUT2D eigenvalue weighted by Crippen LogP contribution is 2.36. The van der Waals surface area contributed by atoms with Crippen molar-refractivity contribution in [1.82, 2.24) is 0 Å². The molecule has 4 heteroatoms. The number of anilines is 1. The smallest absolute Gasteiger partial charge is 0.212 e. The number of carbonyl (C=O) groups is 1. The minimum Gasteiger partial charge on any atom is -0.387 e. The maximum Gasteiger partial charge on any atom is 0.212 e. The molecule has 1 fully saturated rings. The zero-order valence-electron chi connectivity index (χ0n) is 18.4. The Kier molecular flexibility index (Phi) is 5.24. The molecular weight excluding hydrogens is 396 g/mol. The summed E-state index contributed by atoms with van der Waals surface area (Å²) in [4.78, 5) is 15.2. The zero-order chi connectivity index (χ0) is 22.2. The van der Waals surface area contributed by atoms with Crippen LogP contribution in [0.25, 0.3) is 23.1 Å². The number of carbonyl (C=O) groups excluding carboxylic acids is 1. The number of aryl methyl sites for hydroxylation is 1. The second kappa shape index (κ2) is 8.21. The fraction of sp³-hybridized carbons (Fsp3) is 0.214. The van der Waals surface area contributed by atoms with E-state index in [1.807, 2.05) is 48.6 Å². The minimum absolute atomic E-state index is 0.0101. The molecule has 2 atom stereocenters. The van der Waals surface area contributed by atoms with Crippen molar-refractivity contribution in [2.24, 2.45) is 5.92 Å². The Balaban J connectivity index is 1.45. The van der Waals surface area contributed by atoms with Crippen LogP contribution in [-0.2, 0) is 11.3 Å². The van der Waals surface area contributed by atoms with Gasteiger partial charge in [0.25, 0.3) is 0 Å². The molecule has 1 aliphatic carbocycles. The fourth-order valence-corrected chi connectivity index (χ4v) is 4.78. The van der Waals surface area contributed by atoms with E-state index in [9.17, 15) is 9.90 Å². The number of fused-ring (bicyclic) bond motifs is 2. The van der Waals surface area contributed by atoms with Crippen molar-refractivity contribution in [3.63, 3.8) is 0 Å². The number of ketones is 1. The number of allylic oxidation sites excluding steroid dienone is 1. The lowest BCUT2D eigenvalue weighted by Gasteiger charge is -2.35. The lowest BCUT2D eigenvalue weighted by Crippen LogP contribution is -2.45. The number of aromatic nitrogens is 1. The summed E-state index contributed by atoms with van der Waals surface area (Å²) in [6.07, 6.45) is 7.06. The summed E-state index contributed by atoms with van der Waals surface area (Å²) < 4.78 is 2.17. The van der Waals surface area contributed by atoms with Crippen LogP contribution in [0.15, 0.2) is 84.1 Å². The van der Waals surface area contributed by atoms with Gasteiger partial charge < -0.3 is 10.0 Å². The molecule has 0 radical (unpaired) electrons. The second-order valence-electron chi connectivity index (χ2n) is 8.22. The quantitative estimate of drug-likeness (QED) is 0.495. The zero-order valence-corrected chi connectivity index (χ0v) is 18.4. The molecule has 32 heavy (non-hydrogen) atoms. The average molecular weight is 424 g/mol. The molecule has 0 bridgehead atoms. The third-order valence-electron chi connectivity index (χ3n) is 6.48. The summed E-state index contributed by atoms with van der Waals surface area (Å²) >= 11 is 0. The summed E-state index contributed by atoms with van der Waals surface area (Å²) in [6.45, 7) is 5.76. The van der Waals surface area contributed by atoms with E-state index in [4.69, 9.17) is 0 Å². The Bertz CT molecular complexity index is 1300. The molecule has 2 unspecified atom stereocenters. The molecule has 1 aromatic heterocycles. The van der Waals surface area contributed by atoms with Gasteiger partial charge in [0.05, 0.1) is 12.0 Å². The summed E-state index contributed by atoms with van der Waals surface area (Å²) in [5, 5.41) is 12.0. The van der Waals surface area contributed by atoms with Gasteiger partial charge in [-0.2, -0.15) is 4.57 Å². The third-order valence-corrected chi connectivity index (χ3v) is 6.48. The molecule has 160 valence electrons. The van der Waals surface area contributed by atoms with Gasteiger partial charge in [-0.15, -0.1) is 0 Å². The van der Waals surface area contributed by atoms with Crippen LogP contribution in [0.3, 0.4) is 0 Å². The first-order valence-corrected chi connectivity index (χ1v) is 11.2. The van der Waals surface area contributed by atoms with E-state index in [1.165, 1.54) is 0 Å². The second-order valence-corrected chi connectivity index (χ2v) is 8.22. The van der Waals surface area contributed by atoms with Crippen molar-refractivity contribution >= 4 is 34.5 Å². The number of Topliss-reactive ketones (excluding diaryl/α,β-unsaturated/α-hetero) is 1. The highest BCUT2D eigenvalue weighted by atomic mass is 16.3. The molecule has 2 heterocycles. The Morgan fingerprint density at radius 2 is 1.78 bits per heavy atom. The summed E-state index contributed by atoms with van der Waals surface area (Å²) in [6, 6.07) is 20.5. The average Bonchev–Trinajstić information content (AvgIpc) is 2.84. The number of rotatable bonds is 4. The number of likely N-dealkylation sites (N-methyl/N-ethyl adjacent to an activating group) is 1. The van der Waals surface area contributed by atoms with Crippen LogP contribution in [0.2, 0.25) is 0 Å². The van der Waals surface area contributed by atoms with Gasteiger partial charge in [-0.3, -0.25) is 4.79 Å². The van der Waals surface area contributed by atoms with Gasteiger partial charge in [0.1, 0.15) is 6.54 Å². The molecule has 5 rings (SSSR count). The number of hydrogen-bond acceptors (Lipinski definition) is 3. The topological polar surface area (TPSA) is 44.4 Å². The number of pyridine rings is 1. The van der Waals surface area contributed by atoms with Crippen molar-refractivity contribution in [2.75, 3.05) is 11.4 Å². The molecule has 0 amide bonds. The van der Waals surface area contributed by atoms with Crippen LogP contribution >= 0.6 is 0 Å². The maximum atomic E-state index is 13.0. The Hall–Kier alpha value is -3.50. The molecule has 2 aliphatic rings. The number of para-hydroxylation sites is 2. The molecule has 1 aliphatic heterocycles.